The highest BCUT2D eigenvalue weighted by Gasteiger charge is 2.42. The molecule has 0 aromatic carbocycles. The van der Waals surface area contributed by atoms with Crippen LogP contribution in [0.1, 0.15) is 59.2 Å². The first-order valence-electron chi connectivity index (χ1n) is 8.87. The Labute approximate surface area is 153 Å². The predicted octanol–water partition coefficient (Wildman–Crippen LogP) is 3.28. The molecule has 0 bridgehead atoms. The number of anilines is 1. The maximum absolute atomic E-state index is 12.5. The van der Waals surface area contributed by atoms with Crippen molar-refractivity contribution in [2.24, 2.45) is 0 Å². The minimum absolute atomic E-state index is 0.209. The van der Waals surface area contributed by atoms with Crippen molar-refractivity contribution in [3.63, 3.8) is 0 Å². The quantitative estimate of drug-likeness (QED) is 0.803. The highest BCUT2D eigenvalue weighted by molar-refractivity contribution is 5.90. The van der Waals surface area contributed by atoms with Crippen LogP contribution in [0.2, 0.25) is 0 Å². The van der Waals surface area contributed by atoms with Crippen LogP contribution in [-0.4, -0.2) is 51.3 Å². The molecule has 0 unspecified atom stereocenters. The number of cyclic esters (lactones) is 1. The first-order chi connectivity index (χ1) is 12.1. The predicted molar refractivity (Wildman–Crippen MR) is 94.9 cm³/mol. The van der Waals surface area contributed by atoms with Crippen LogP contribution in [0.5, 0.6) is 0 Å². The molecule has 2 aliphatic heterocycles. The van der Waals surface area contributed by atoms with Crippen molar-refractivity contribution >= 4 is 18.0 Å². The number of carbonyl (C=O) groups excluding carboxylic acids is 2. The summed E-state index contributed by atoms with van der Waals surface area (Å²) in [5, 5.41) is 0. The molecule has 142 valence electrons. The van der Waals surface area contributed by atoms with Gasteiger partial charge in [0.05, 0.1) is 29.7 Å². The Morgan fingerprint density at radius 3 is 2.69 bits per heavy atom. The van der Waals surface area contributed by atoms with Crippen LogP contribution >= 0.6 is 0 Å². The monoisotopic (exact) mass is 362 g/mol. The summed E-state index contributed by atoms with van der Waals surface area (Å²) in [6, 6.07) is -0.209. The molecule has 2 fully saturated rings. The van der Waals surface area contributed by atoms with Crippen LogP contribution in [0.4, 0.5) is 15.4 Å². The van der Waals surface area contributed by atoms with Crippen molar-refractivity contribution in [1.29, 1.82) is 0 Å². The first kappa shape index (κ1) is 18.4. The van der Waals surface area contributed by atoms with E-state index in [4.69, 9.17) is 9.47 Å². The van der Waals surface area contributed by atoms with Gasteiger partial charge in [-0.25, -0.2) is 14.6 Å². The Morgan fingerprint density at radius 2 is 2.08 bits per heavy atom. The van der Waals surface area contributed by atoms with Gasteiger partial charge in [-0.2, -0.15) is 0 Å². The molecule has 3 heterocycles. The third-order valence-corrected chi connectivity index (χ3v) is 4.43. The highest BCUT2D eigenvalue weighted by Crippen LogP contribution is 2.34. The molecule has 2 aliphatic rings. The van der Waals surface area contributed by atoms with Crippen molar-refractivity contribution in [2.75, 3.05) is 18.1 Å². The second-order valence-corrected chi connectivity index (χ2v) is 8.34. The Kier molecular flexibility index (Phi) is 4.54. The molecular formula is C18H26N4O4. The number of rotatable bonds is 2. The molecule has 3 rings (SSSR count). The van der Waals surface area contributed by atoms with Gasteiger partial charge in [-0.1, -0.05) is 0 Å². The molecule has 0 saturated carbocycles. The number of carbonyl (C=O) groups is 2. The Morgan fingerprint density at radius 1 is 1.35 bits per heavy atom. The van der Waals surface area contributed by atoms with Gasteiger partial charge in [0.15, 0.2) is 5.82 Å². The van der Waals surface area contributed by atoms with E-state index in [0.717, 1.165) is 12.8 Å². The molecule has 1 aromatic heterocycles. The molecule has 8 nitrogen and oxygen atoms in total. The van der Waals surface area contributed by atoms with Crippen LogP contribution in [0.3, 0.4) is 0 Å². The molecule has 26 heavy (non-hydrogen) atoms. The normalized spacial score (nSPS) is 22.5. The third kappa shape index (κ3) is 3.59. The number of amides is 2. The third-order valence-electron chi connectivity index (χ3n) is 4.43. The Hall–Kier alpha value is -2.38. The lowest BCUT2D eigenvalue weighted by Gasteiger charge is -2.29. The van der Waals surface area contributed by atoms with E-state index in [0.29, 0.717) is 24.7 Å². The summed E-state index contributed by atoms with van der Waals surface area (Å²) < 4.78 is 10.7. The van der Waals surface area contributed by atoms with E-state index in [1.165, 1.54) is 4.90 Å². The van der Waals surface area contributed by atoms with Gasteiger partial charge in [0.1, 0.15) is 12.2 Å². The van der Waals surface area contributed by atoms with Crippen LogP contribution in [0.15, 0.2) is 12.4 Å². The lowest BCUT2D eigenvalue weighted by molar-refractivity contribution is 0.0221. The molecule has 0 spiro atoms. The van der Waals surface area contributed by atoms with Gasteiger partial charge in [-0.05, 0) is 47.5 Å². The zero-order valence-corrected chi connectivity index (χ0v) is 16.0. The van der Waals surface area contributed by atoms with Gasteiger partial charge in [-0.3, -0.25) is 14.8 Å². The van der Waals surface area contributed by atoms with Crippen molar-refractivity contribution in [2.45, 2.75) is 64.6 Å². The fourth-order valence-corrected chi connectivity index (χ4v) is 3.27. The van der Waals surface area contributed by atoms with Gasteiger partial charge in [-0.15, -0.1) is 0 Å². The average molecular weight is 362 g/mol. The first-order valence-corrected chi connectivity index (χ1v) is 8.87. The minimum Gasteiger partial charge on any atom is -0.447 e. The maximum atomic E-state index is 12.5. The van der Waals surface area contributed by atoms with Crippen LogP contribution in [0, 0.1) is 0 Å². The fraction of sp³-hybridized carbons (Fsp3) is 0.667. The van der Waals surface area contributed by atoms with Gasteiger partial charge in [0.2, 0.25) is 0 Å². The molecule has 0 N–H and O–H groups in total. The molecule has 0 radical (unpaired) electrons. The highest BCUT2D eigenvalue weighted by atomic mass is 16.6. The summed E-state index contributed by atoms with van der Waals surface area (Å²) in [6.45, 7) is 10.3. The zero-order valence-electron chi connectivity index (χ0n) is 16.0. The number of likely N-dealkylation sites (tertiary alicyclic amines) is 1. The number of hydrogen-bond acceptors (Lipinski definition) is 6. The number of ether oxygens (including phenoxy) is 2. The number of hydrogen-bond donors (Lipinski definition) is 0. The molecule has 0 aliphatic carbocycles. The number of nitrogens with zero attached hydrogens (tertiary/aromatic N) is 4. The average Bonchev–Trinajstić information content (AvgIpc) is 3.10. The van der Waals surface area contributed by atoms with Gasteiger partial charge in [0, 0.05) is 6.54 Å². The van der Waals surface area contributed by atoms with E-state index in [1.54, 1.807) is 17.3 Å². The van der Waals surface area contributed by atoms with Gasteiger partial charge in [0.25, 0.3) is 0 Å². The Balaban J connectivity index is 1.85. The standard InChI is InChI=1S/C18H26N4O4/c1-17(2,3)26-15(23)21-8-6-7-13(21)12-9-19-10-14(20-12)22-16(24)25-11-18(22,4)5/h9-10,13H,6-8,11H2,1-5H3/t13-/m1/s1. The second-order valence-electron chi connectivity index (χ2n) is 8.34. The summed E-state index contributed by atoms with van der Waals surface area (Å²) in [5.74, 6) is 0.436. The molecular weight excluding hydrogens is 336 g/mol. The van der Waals surface area contributed by atoms with E-state index < -0.39 is 17.2 Å². The van der Waals surface area contributed by atoms with E-state index in [-0.39, 0.29) is 12.1 Å². The molecule has 1 aromatic rings. The maximum Gasteiger partial charge on any atom is 0.416 e. The molecule has 1 atom stereocenters. The largest absolute Gasteiger partial charge is 0.447 e. The van der Waals surface area contributed by atoms with E-state index in [1.807, 2.05) is 34.6 Å². The van der Waals surface area contributed by atoms with Crippen molar-refractivity contribution in [3.05, 3.63) is 18.1 Å². The van der Waals surface area contributed by atoms with Crippen LogP contribution in [0.25, 0.3) is 0 Å². The van der Waals surface area contributed by atoms with Crippen molar-refractivity contribution in [3.8, 4) is 0 Å². The van der Waals surface area contributed by atoms with Gasteiger partial charge >= 0.3 is 12.2 Å². The second kappa shape index (κ2) is 6.41. The summed E-state index contributed by atoms with van der Waals surface area (Å²) >= 11 is 0. The number of aromatic nitrogens is 2. The minimum atomic E-state index is -0.554. The van der Waals surface area contributed by atoms with E-state index in [9.17, 15) is 9.59 Å². The lowest BCUT2D eigenvalue weighted by Crippen LogP contribution is -2.43. The summed E-state index contributed by atoms with van der Waals surface area (Å²) in [5.41, 5.74) is -0.396. The fourth-order valence-electron chi connectivity index (χ4n) is 3.27. The van der Waals surface area contributed by atoms with Crippen molar-refractivity contribution < 1.29 is 19.1 Å². The smallest absolute Gasteiger partial charge is 0.416 e. The SMILES string of the molecule is CC(C)(C)OC(=O)N1CCC[C@@H]1c1cncc(N2C(=O)OCC2(C)C)n1. The Bertz CT molecular complexity index is 713. The molecule has 2 saturated heterocycles. The lowest BCUT2D eigenvalue weighted by atomic mass is 10.1. The zero-order chi connectivity index (χ0) is 19.1. The van der Waals surface area contributed by atoms with Gasteiger partial charge < -0.3 is 9.47 Å². The summed E-state index contributed by atoms with van der Waals surface area (Å²) in [7, 11) is 0. The van der Waals surface area contributed by atoms with E-state index >= 15 is 0 Å². The van der Waals surface area contributed by atoms with E-state index in [2.05, 4.69) is 9.97 Å². The van der Waals surface area contributed by atoms with Crippen LogP contribution < -0.4 is 4.90 Å². The topological polar surface area (TPSA) is 84.9 Å². The molecule has 8 heteroatoms. The van der Waals surface area contributed by atoms with Crippen LogP contribution in [-0.2, 0) is 9.47 Å². The molecule has 2 amide bonds. The summed E-state index contributed by atoms with van der Waals surface area (Å²) in [6.07, 6.45) is 4.05. The van der Waals surface area contributed by atoms with Crippen molar-refractivity contribution in [1.82, 2.24) is 14.9 Å². The summed E-state index contributed by atoms with van der Waals surface area (Å²) in [4.78, 5) is 36.7.